The number of ether oxygens (including phenoxy) is 1. The van der Waals surface area contributed by atoms with Crippen LogP contribution in [0.2, 0.25) is 10.0 Å². The van der Waals surface area contributed by atoms with Gasteiger partial charge < -0.3 is 25.2 Å². The third kappa shape index (κ3) is 4.20. The highest BCUT2D eigenvalue weighted by Crippen LogP contribution is 2.44. The number of nitrogens with zero attached hydrogens (tertiary/aromatic N) is 4. The fourth-order valence-corrected chi connectivity index (χ4v) is 5.69. The van der Waals surface area contributed by atoms with Crippen LogP contribution < -0.4 is 20.3 Å². The number of halogens is 2. The molecule has 2 bridgehead atoms. The molecule has 4 fully saturated rings. The van der Waals surface area contributed by atoms with E-state index in [2.05, 4.69) is 20.5 Å². The number of hydrogen-bond acceptors (Lipinski definition) is 7. The molecule has 4 aliphatic rings. The van der Waals surface area contributed by atoms with Crippen LogP contribution in [0.15, 0.2) is 24.4 Å². The van der Waals surface area contributed by atoms with Gasteiger partial charge in [-0.2, -0.15) is 4.98 Å². The Labute approximate surface area is 203 Å². The molecule has 3 aliphatic heterocycles. The quantitative estimate of drug-likeness (QED) is 0.641. The Morgan fingerprint density at radius 1 is 1.27 bits per heavy atom. The van der Waals surface area contributed by atoms with Crippen molar-refractivity contribution in [2.75, 3.05) is 50.1 Å². The molecule has 3 saturated heterocycles. The summed E-state index contributed by atoms with van der Waals surface area (Å²) >= 11 is 12.4. The maximum atomic E-state index is 13.0. The summed E-state index contributed by atoms with van der Waals surface area (Å²) in [5.41, 5.74) is 0.619. The van der Waals surface area contributed by atoms with Crippen molar-refractivity contribution in [3.8, 4) is 5.75 Å². The van der Waals surface area contributed by atoms with Gasteiger partial charge in [0, 0.05) is 36.2 Å². The molecule has 1 aromatic heterocycles. The summed E-state index contributed by atoms with van der Waals surface area (Å²) in [4.78, 5) is 26.4. The Balaban J connectivity index is 1.27. The molecule has 4 heterocycles. The molecule has 1 aliphatic carbocycles. The molecule has 6 rings (SSSR count). The number of carbonyl (C=O) groups excluding carboxylic acids is 1. The first-order valence-corrected chi connectivity index (χ1v) is 12.1. The third-order valence-electron chi connectivity index (χ3n) is 7.01. The number of methoxy groups -OCH3 is 1. The highest BCUT2D eigenvalue weighted by atomic mass is 35.5. The lowest BCUT2D eigenvalue weighted by Gasteiger charge is -2.43. The molecule has 2 aromatic rings. The topological polar surface area (TPSA) is 82.6 Å². The molecule has 1 saturated carbocycles. The van der Waals surface area contributed by atoms with Crippen LogP contribution in [0.25, 0.3) is 0 Å². The summed E-state index contributed by atoms with van der Waals surface area (Å²) in [7, 11) is 1.59. The third-order valence-corrected chi connectivity index (χ3v) is 7.57. The van der Waals surface area contributed by atoms with Gasteiger partial charge in [0.1, 0.15) is 0 Å². The number of hydrogen-bond donors (Lipinski definition) is 2. The Kier molecular flexibility index (Phi) is 6.01. The minimum absolute atomic E-state index is 0.120. The molecular formula is C23H28Cl2N6O2. The first-order valence-electron chi connectivity index (χ1n) is 11.3. The van der Waals surface area contributed by atoms with Crippen LogP contribution in [-0.2, 0) is 4.79 Å². The van der Waals surface area contributed by atoms with E-state index in [0.717, 1.165) is 24.9 Å². The zero-order valence-corrected chi connectivity index (χ0v) is 20.3. The number of aromatic nitrogens is 2. The highest BCUT2D eigenvalue weighted by molar-refractivity contribution is 6.35. The number of piperazine rings is 1. The van der Waals surface area contributed by atoms with Crippen LogP contribution in [0.3, 0.4) is 0 Å². The van der Waals surface area contributed by atoms with Gasteiger partial charge in [0.25, 0.3) is 0 Å². The van der Waals surface area contributed by atoms with Crippen LogP contribution >= 0.6 is 23.2 Å². The number of fused-ring (bicyclic) bond motifs is 1. The molecular weight excluding hydrogens is 463 g/mol. The van der Waals surface area contributed by atoms with Crippen LogP contribution in [0.4, 0.5) is 11.8 Å². The SMILES string of the molecule is COc1cnc(N2CCN(C(=O)C34CC(CN3)C4)CC2)nc1N[C@H](C)c1ccc(Cl)cc1Cl. The number of rotatable bonds is 6. The van der Waals surface area contributed by atoms with E-state index in [4.69, 9.17) is 32.9 Å². The molecule has 0 unspecified atom stereocenters. The molecule has 33 heavy (non-hydrogen) atoms. The fourth-order valence-electron chi connectivity index (χ4n) is 5.12. The van der Waals surface area contributed by atoms with Gasteiger partial charge in [0.05, 0.1) is 24.9 Å². The minimum Gasteiger partial charge on any atom is -0.491 e. The van der Waals surface area contributed by atoms with Crippen molar-refractivity contribution in [1.29, 1.82) is 0 Å². The summed E-state index contributed by atoms with van der Waals surface area (Å²) in [6.45, 7) is 5.69. The van der Waals surface area contributed by atoms with Gasteiger partial charge in [0.15, 0.2) is 11.6 Å². The predicted molar refractivity (Wildman–Crippen MR) is 129 cm³/mol. The Morgan fingerprint density at radius 2 is 2.03 bits per heavy atom. The van der Waals surface area contributed by atoms with Crippen molar-refractivity contribution in [2.24, 2.45) is 5.92 Å². The van der Waals surface area contributed by atoms with Crippen LogP contribution in [0, 0.1) is 5.92 Å². The average Bonchev–Trinajstić information content (AvgIpc) is 3.41. The molecule has 0 radical (unpaired) electrons. The zero-order valence-electron chi connectivity index (χ0n) is 18.8. The fraction of sp³-hybridized carbons (Fsp3) is 0.522. The maximum absolute atomic E-state index is 13.0. The second-order valence-corrected chi connectivity index (χ2v) is 9.98. The van der Waals surface area contributed by atoms with E-state index >= 15 is 0 Å². The maximum Gasteiger partial charge on any atom is 0.243 e. The lowest BCUT2D eigenvalue weighted by molar-refractivity contribution is -0.141. The number of nitrogens with one attached hydrogen (secondary N) is 2. The zero-order chi connectivity index (χ0) is 23.2. The summed E-state index contributed by atoms with van der Waals surface area (Å²) in [6.07, 6.45) is 3.64. The Hall–Kier alpha value is -2.29. The van der Waals surface area contributed by atoms with E-state index in [9.17, 15) is 4.79 Å². The number of anilines is 2. The van der Waals surface area contributed by atoms with E-state index in [-0.39, 0.29) is 17.5 Å². The van der Waals surface area contributed by atoms with Crippen LogP contribution in [0.1, 0.15) is 31.4 Å². The molecule has 0 spiro atoms. The van der Waals surface area contributed by atoms with E-state index in [1.165, 1.54) is 0 Å². The van der Waals surface area contributed by atoms with Crippen molar-refractivity contribution < 1.29 is 9.53 Å². The standard InChI is InChI=1S/C23H28Cl2N6O2/c1-14(17-4-3-16(24)9-18(17)25)28-20-19(33-2)13-26-22(29-20)31-7-5-30(6-8-31)21(32)23-10-15(11-23)12-27-23/h3-4,9,13-15,27H,5-8,10-12H2,1-2H3,(H,26,28,29)/t14-,15?,23?/m1/s1. The van der Waals surface area contributed by atoms with Gasteiger partial charge in [-0.3, -0.25) is 4.79 Å². The Morgan fingerprint density at radius 3 is 2.67 bits per heavy atom. The molecule has 1 amide bonds. The highest BCUT2D eigenvalue weighted by Gasteiger charge is 2.56. The van der Waals surface area contributed by atoms with E-state index in [0.29, 0.717) is 59.7 Å². The van der Waals surface area contributed by atoms with Gasteiger partial charge in [-0.15, -0.1) is 0 Å². The van der Waals surface area contributed by atoms with Crippen molar-refractivity contribution in [3.05, 3.63) is 40.0 Å². The van der Waals surface area contributed by atoms with Crippen molar-refractivity contribution in [1.82, 2.24) is 20.2 Å². The summed E-state index contributed by atoms with van der Waals surface area (Å²) in [5.74, 6) is 2.69. The van der Waals surface area contributed by atoms with Crippen LogP contribution in [0.5, 0.6) is 5.75 Å². The predicted octanol–water partition coefficient (Wildman–Crippen LogP) is 3.37. The van der Waals surface area contributed by atoms with E-state index in [1.807, 2.05) is 24.0 Å². The second-order valence-electron chi connectivity index (χ2n) is 9.14. The molecule has 1 atom stereocenters. The summed E-state index contributed by atoms with van der Waals surface area (Å²) in [6, 6.07) is 5.32. The van der Waals surface area contributed by atoms with Gasteiger partial charge in [-0.05, 0) is 49.9 Å². The van der Waals surface area contributed by atoms with Crippen molar-refractivity contribution in [2.45, 2.75) is 31.3 Å². The monoisotopic (exact) mass is 490 g/mol. The molecule has 2 N–H and O–H groups in total. The molecule has 176 valence electrons. The normalized spacial score (nSPS) is 24.9. The lowest BCUT2D eigenvalue weighted by atomic mass is 9.72. The van der Waals surface area contributed by atoms with E-state index < -0.39 is 0 Å². The molecule has 8 nitrogen and oxygen atoms in total. The number of benzene rings is 1. The van der Waals surface area contributed by atoms with E-state index in [1.54, 1.807) is 19.4 Å². The average molecular weight is 491 g/mol. The second kappa shape index (κ2) is 8.81. The number of amides is 1. The van der Waals surface area contributed by atoms with Crippen molar-refractivity contribution in [3.63, 3.8) is 0 Å². The van der Waals surface area contributed by atoms with Gasteiger partial charge in [-0.1, -0.05) is 29.3 Å². The summed E-state index contributed by atoms with van der Waals surface area (Å²) in [5, 5.41) is 8.01. The van der Waals surface area contributed by atoms with Gasteiger partial charge in [-0.25, -0.2) is 4.98 Å². The number of carbonyl (C=O) groups is 1. The largest absolute Gasteiger partial charge is 0.491 e. The molecule has 1 aromatic carbocycles. The van der Waals surface area contributed by atoms with Gasteiger partial charge >= 0.3 is 0 Å². The minimum atomic E-state index is -0.292. The first kappa shape index (κ1) is 22.5. The first-order chi connectivity index (χ1) is 15.9. The smallest absolute Gasteiger partial charge is 0.243 e. The molecule has 10 heteroatoms. The lowest BCUT2D eigenvalue weighted by Crippen LogP contribution is -2.61. The Bertz CT molecular complexity index is 1050. The van der Waals surface area contributed by atoms with Crippen LogP contribution in [-0.4, -0.2) is 66.1 Å². The van der Waals surface area contributed by atoms with Gasteiger partial charge in [0.2, 0.25) is 11.9 Å². The van der Waals surface area contributed by atoms with Crippen molar-refractivity contribution >= 4 is 40.9 Å². The summed E-state index contributed by atoms with van der Waals surface area (Å²) < 4.78 is 5.47.